The molecule has 0 bridgehead atoms. The SMILES string of the molecule is CCCOc1ccc(/C=C2/SC(=S)N(c3ccc(C)cc3)C2=O)cc1OCC. The number of anilines is 1. The quantitative estimate of drug-likeness (QED) is 0.437. The number of benzene rings is 2. The Balaban J connectivity index is 1.86. The number of ether oxygens (including phenoxy) is 2. The molecule has 0 aliphatic carbocycles. The predicted octanol–water partition coefficient (Wildman–Crippen LogP) is 5.59. The highest BCUT2D eigenvalue weighted by atomic mass is 32.2. The van der Waals surface area contributed by atoms with Crippen LogP contribution >= 0.6 is 24.0 Å². The molecule has 0 saturated carbocycles. The highest BCUT2D eigenvalue weighted by Gasteiger charge is 2.33. The fourth-order valence-electron chi connectivity index (χ4n) is 2.75. The van der Waals surface area contributed by atoms with Crippen LogP contribution in [0.25, 0.3) is 6.08 Å². The molecule has 2 aromatic rings. The molecule has 0 N–H and O–H groups in total. The molecule has 1 saturated heterocycles. The summed E-state index contributed by atoms with van der Waals surface area (Å²) in [4.78, 5) is 15.1. The summed E-state index contributed by atoms with van der Waals surface area (Å²) in [6, 6.07) is 13.5. The van der Waals surface area contributed by atoms with Crippen LogP contribution in [0.3, 0.4) is 0 Å². The second kappa shape index (κ2) is 9.26. The van der Waals surface area contributed by atoms with Crippen LogP contribution in [0, 0.1) is 6.92 Å². The molecule has 1 amide bonds. The molecule has 2 aromatic carbocycles. The summed E-state index contributed by atoms with van der Waals surface area (Å²) in [7, 11) is 0. The van der Waals surface area contributed by atoms with Crippen LogP contribution in [0.5, 0.6) is 11.5 Å². The van der Waals surface area contributed by atoms with Gasteiger partial charge in [-0.1, -0.05) is 54.7 Å². The fourth-order valence-corrected chi connectivity index (χ4v) is 4.05. The van der Waals surface area contributed by atoms with Gasteiger partial charge in [-0.05, 0) is 56.2 Å². The highest BCUT2D eigenvalue weighted by molar-refractivity contribution is 8.27. The lowest BCUT2D eigenvalue weighted by atomic mass is 10.1. The van der Waals surface area contributed by atoms with E-state index in [0.29, 0.717) is 33.9 Å². The second-order valence-electron chi connectivity index (χ2n) is 6.34. The van der Waals surface area contributed by atoms with Gasteiger partial charge in [0.1, 0.15) is 0 Å². The zero-order chi connectivity index (χ0) is 20.1. The van der Waals surface area contributed by atoms with Crippen molar-refractivity contribution in [1.82, 2.24) is 0 Å². The van der Waals surface area contributed by atoms with Gasteiger partial charge in [-0.3, -0.25) is 9.69 Å². The summed E-state index contributed by atoms with van der Waals surface area (Å²) >= 11 is 6.75. The number of rotatable bonds is 7. The fraction of sp³-hybridized carbons (Fsp3) is 0.273. The van der Waals surface area contributed by atoms with Gasteiger partial charge in [0.25, 0.3) is 5.91 Å². The Bertz CT molecular complexity index is 906. The lowest BCUT2D eigenvalue weighted by Crippen LogP contribution is -2.27. The standard InChI is InChI=1S/C22H23NO3S2/c1-4-12-26-18-11-8-16(13-19(18)25-5-2)14-20-21(24)23(22(27)28-20)17-9-6-15(3)7-10-17/h6-11,13-14H,4-5,12H2,1-3H3/b20-14+. The molecular formula is C22H23NO3S2. The third kappa shape index (κ3) is 4.56. The van der Waals surface area contributed by atoms with Gasteiger partial charge in [0, 0.05) is 0 Å². The Morgan fingerprint density at radius 1 is 1.07 bits per heavy atom. The van der Waals surface area contributed by atoms with Crippen molar-refractivity contribution in [2.45, 2.75) is 27.2 Å². The molecule has 146 valence electrons. The predicted molar refractivity (Wildman–Crippen MR) is 120 cm³/mol. The smallest absolute Gasteiger partial charge is 0.270 e. The van der Waals surface area contributed by atoms with E-state index in [4.69, 9.17) is 21.7 Å². The summed E-state index contributed by atoms with van der Waals surface area (Å²) in [6.45, 7) is 7.18. The van der Waals surface area contributed by atoms with Crippen molar-refractivity contribution in [1.29, 1.82) is 0 Å². The van der Waals surface area contributed by atoms with E-state index in [1.807, 2.05) is 62.4 Å². The van der Waals surface area contributed by atoms with E-state index in [1.165, 1.54) is 11.8 Å². The molecule has 0 radical (unpaired) electrons. The normalized spacial score (nSPS) is 15.4. The van der Waals surface area contributed by atoms with Crippen LogP contribution in [0.1, 0.15) is 31.4 Å². The van der Waals surface area contributed by atoms with Crippen LogP contribution < -0.4 is 14.4 Å². The lowest BCUT2D eigenvalue weighted by molar-refractivity contribution is -0.113. The summed E-state index contributed by atoms with van der Waals surface area (Å²) < 4.78 is 12.0. The Morgan fingerprint density at radius 2 is 1.82 bits per heavy atom. The molecule has 3 rings (SSSR count). The van der Waals surface area contributed by atoms with Gasteiger partial charge in [0.2, 0.25) is 0 Å². The van der Waals surface area contributed by atoms with Gasteiger partial charge in [0.15, 0.2) is 15.8 Å². The Morgan fingerprint density at radius 3 is 2.50 bits per heavy atom. The summed E-state index contributed by atoms with van der Waals surface area (Å²) in [5.41, 5.74) is 2.80. The number of nitrogens with zero attached hydrogens (tertiary/aromatic N) is 1. The summed E-state index contributed by atoms with van der Waals surface area (Å²) in [5.74, 6) is 1.29. The van der Waals surface area contributed by atoms with Crippen molar-refractivity contribution in [3.05, 3.63) is 58.5 Å². The van der Waals surface area contributed by atoms with Gasteiger partial charge in [-0.25, -0.2) is 0 Å². The maximum absolute atomic E-state index is 12.9. The van der Waals surface area contributed by atoms with Crippen LogP contribution in [0.4, 0.5) is 5.69 Å². The Kier molecular flexibility index (Phi) is 6.75. The van der Waals surface area contributed by atoms with E-state index in [-0.39, 0.29) is 5.91 Å². The van der Waals surface area contributed by atoms with Crippen molar-refractivity contribution in [3.63, 3.8) is 0 Å². The minimum Gasteiger partial charge on any atom is -0.490 e. The topological polar surface area (TPSA) is 38.8 Å². The minimum absolute atomic E-state index is 0.108. The van der Waals surface area contributed by atoms with Crippen molar-refractivity contribution in [3.8, 4) is 11.5 Å². The number of thiocarbonyl (C=S) groups is 1. The van der Waals surface area contributed by atoms with Gasteiger partial charge in [-0.2, -0.15) is 0 Å². The van der Waals surface area contributed by atoms with E-state index in [0.717, 1.165) is 23.2 Å². The summed E-state index contributed by atoms with van der Waals surface area (Å²) in [6.07, 6.45) is 2.77. The molecular weight excluding hydrogens is 390 g/mol. The molecule has 0 aromatic heterocycles. The summed E-state index contributed by atoms with van der Waals surface area (Å²) in [5, 5.41) is 0. The zero-order valence-corrected chi connectivity index (χ0v) is 17.9. The van der Waals surface area contributed by atoms with Gasteiger partial charge in [0.05, 0.1) is 23.8 Å². The minimum atomic E-state index is -0.108. The van der Waals surface area contributed by atoms with Gasteiger partial charge < -0.3 is 9.47 Å². The Hall–Kier alpha value is -2.31. The maximum Gasteiger partial charge on any atom is 0.270 e. The second-order valence-corrected chi connectivity index (χ2v) is 8.02. The van der Waals surface area contributed by atoms with Crippen molar-refractivity contribution >= 4 is 46.0 Å². The first kappa shape index (κ1) is 20.4. The van der Waals surface area contributed by atoms with E-state index in [1.54, 1.807) is 4.90 Å². The van der Waals surface area contributed by atoms with Crippen LogP contribution in [-0.4, -0.2) is 23.4 Å². The van der Waals surface area contributed by atoms with E-state index in [9.17, 15) is 4.79 Å². The van der Waals surface area contributed by atoms with Crippen LogP contribution in [0.2, 0.25) is 0 Å². The monoisotopic (exact) mass is 413 g/mol. The van der Waals surface area contributed by atoms with Crippen LogP contribution in [0.15, 0.2) is 47.4 Å². The third-order valence-corrected chi connectivity index (χ3v) is 5.42. The first-order chi connectivity index (χ1) is 13.5. The first-order valence-corrected chi connectivity index (χ1v) is 10.5. The average Bonchev–Trinajstić information content (AvgIpc) is 2.95. The lowest BCUT2D eigenvalue weighted by Gasteiger charge is -2.14. The highest BCUT2D eigenvalue weighted by Crippen LogP contribution is 2.37. The molecule has 1 fully saturated rings. The van der Waals surface area contributed by atoms with Gasteiger partial charge >= 0.3 is 0 Å². The maximum atomic E-state index is 12.9. The van der Waals surface area contributed by atoms with Crippen molar-refractivity contribution in [2.75, 3.05) is 18.1 Å². The molecule has 28 heavy (non-hydrogen) atoms. The largest absolute Gasteiger partial charge is 0.490 e. The number of hydrogen-bond donors (Lipinski definition) is 0. The van der Waals surface area contributed by atoms with Crippen LogP contribution in [-0.2, 0) is 4.79 Å². The number of hydrogen-bond acceptors (Lipinski definition) is 5. The average molecular weight is 414 g/mol. The molecule has 0 unspecified atom stereocenters. The zero-order valence-electron chi connectivity index (χ0n) is 16.2. The molecule has 4 nitrogen and oxygen atoms in total. The molecule has 1 aliphatic heterocycles. The number of carbonyl (C=O) groups is 1. The molecule has 1 heterocycles. The number of thioether (sulfide) groups is 1. The Labute approximate surface area is 175 Å². The van der Waals surface area contributed by atoms with Gasteiger partial charge in [-0.15, -0.1) is 0 Å². The van der Waals surface area contributed by atoms with Crippen molar-refractivity contribution < 1.29 is 14.3 Å². The van der Waals surface area contributed by atoms with Crippen molar-refractivity contribution in [2.24, 2.45) is 0 Å². The van der Waals surface area contributed by atoms with E-state index in [2.05, 4.69) is 6.92 Å². The number of amides is 1. The molecule has 6 heteroatoms. The van der Waals surface area contributed by atoms with E-state index >= 15 is 0 Å². The molecule has 0 spiro atoms. The molecule has 0 atom stereocenters. The number of carbonyl (C=O) groups excluding carboxylic acids is 1. The first-order valence-electron chi connectivity index (χ1n) is 9.27. The van der Waals surface area contributed by atoms with E-state index < -0.39 is 0 Å². The third-order valence-electron chi connectivity index (χ3n) is 4.11. The number of aryl methyl sites for hydroxylation is 1. The molecule has 1 aliphatic rings.